The van der Waals surface area contributed by atoms with E-state index in [9.17, 15) is 26.3 Å². The molecule has 0 radical (unpaired) electrons. The first-order valence-electron chi connectivity index (χ1n) is 6.93. The van der Waals surface area contributed by atoms with Gasteiger partial charge in [-0.1, -0.05) is 36.4 Å². The Bertz CT molecular complexity index is 792. The van der Waals surface area contributed by atoms with Gasteiger partial charge in [-0.3, -0.25) is 0 Å². The minimum atomic E-state index is -6.09. The summed E-state index contributed by atoms with van der Waals surface area (Å²) in [5.74, 6) is 0. The largest absolute Gasteiger partial charge is 0.741 e. The smallest absolute Gasteiger partial charge is 0.485 e. The van der Waals surface area contributed by atoms with Crippen molar-refractivity contribution in [1.29, 1.82) is 0 Å². The lowest BCUT2D eigenvalue weighted by atomic mass is 10.4. The highest BCUT2D eigenvalue weighted by atomic mass is 32.2. The summed E-state index contributed by atoms with van der Waals surface area (Å²) in [4.78, 5) is 1.74. The van der Waals surface area contributed by atoms with Crippen LogP contribution in [-0.2, 0) is 21.0 Å². The fourth-order valence-corrected chi connectivity index (χ4v) is 3.35. The maximum Gasteiger partial charge on any atom is 0.485 e. The first-order valence-corrected chi connectivity index (χ1v) is 9.62. The van der Waals surface area contributed by atoms with E-state index in [1.807, 2.05) is 60.7 Å². The predicted octanol–water partition coefficient (Wildman–Crippen LogP) is 4.85. The summed E-state index contributed by atoms with van der Waals surface area (Å²) in [5, 5.41) is 1.23. The molecule has 3 nitrogen and oxygen atoms in total. The van der Waals surface area contributed by atoms with Crippen LogP contribution in [0.2, 0.25) is 0 Å². The van der Waals surface area contributed by atoms with Gasteiger partial charge in [0.2, 0.25) is 0 Å². The van der Waals surface area contributed by atoms with Crippen molar-refractivity contribution in [3.05, 3.63) is 72.1 Å². The zero-order valence-electron chi connectivity index (χ0n) is 13.2. The van der Waals surface area contributed by atoms with Gasteiger partial charge in [0.05, 0.1) is 17.0 Å². The normalized spacial score (nSPS) is 12.7. The van der Waals surface area contributed by atoms with E-state index in [1.54, 1.807) is 0 Å². The topological polar surface area (TPSA) is 57.2 Å². The molecule has 0 saturated carbocycles. The molecule has 0 atom stereocenters. The minimum Gasteiger partial charge on any atom is -0.741 e. The number of rotatable bonds is 3. The van der Waals surface area contributed by atoms with Crippen LogP contribution in [-0.4, -0.2) is 24.7 Å². The van der Waals surface area contributed by atoms with Crippen molar-refractivity contribution < 1.29 is 39.3 Å². The van der Waals surface area contributed by atoms with E-state index >= 15 is 0 Å². The van der Waals surface area contributed by atoms with E-state index in [-0.39, 0.29) is 0 Å². The number of alkyl halides is 6. The lowest BCUT2D eigenvalue weighted by Crippen LogP contribution is -2.21. The SMILES string of the molecule is FC(F)(F)C=C[S+](c1ccccc1)c1ccccc1.O=S(=O)([O-])C(F)(F)F. The van der Waals surface area contributed by atoms with Crippen molar-refractivity contribution >= 4 is 21.0 Å². The minimum absolute atomic E-state index is 0.316. The molecule has 0 fully saturated rings. The van der Waals surface area contributed by atoms with Crippen LogP contribution in [0.1, 0.15) is 0 Å². The van der Waals surface area contributed by atoms with Gasteiger partial charge in [-0.2, -0.15) is 26.3 Å². The van der Waals surface area contributed by atoms with Crippen molar-refractivity contribution in [2.24, 2.45) is 0 Å². The lowest BCUT2D eigenvalue weighted by molar-refractivity contribution is -0.0796. The van der Waals surface area contributed by atoms with E-state index in [1.165, 1.54) is 5.41 Å². The number of allylic oxidation sites excluding steroid dienone is 1. The molecular formula is C16H12F6O3S2. The zero-order valence-corrected chi connectivity index (χ0v) is 14.9. The molecule has 0 amide bonds. The first-order chi connectivity index (χ1) is 12.3. The Hall–Kier alpha value is -1.98. The van der Waals surface area contributed by atoms with Crippen LogP contribution < -0.4 is 0 Å². The van der Waals surface area contributed by atoms with Gasteiger partial charge in [0.15, 0.2) is 19.9 Å². The third-order valence-corrected chi connectivity index (χ3v) is 5.21. The molecule has 0 N–H and O–H groups in total. The van der Waals surface area contributed by atoms with E-state index in [2.05, 4.69) is 0 Å². The average Bonchev–Trinajstić information content (AvgIpc) is 2.55. The van der Waals surface area contributed by atoms with Crippen LogP contribution in [0.25, 0.3) is 0 Å². The molecule has 27 heavy (non-hydrogen) atoms. The molecule has 0 bridgehead atoms. The van der Waals surface area contributed by atoms with E-state index < -0.39 is 32.7 Å². The second kappa shape index (κ2) is 9.29. The zero-order chi connectivity index (χ0) is 20.7. The Kier molecular flexibility index (Phi) is 7.93. The number of halogens is 6. The van der Waals surface area contributed by atoms with Gasteiger partial charge in [0.1, 0.15) is 5.41 Å². The summed E-state index contributed by atoms with van der Waals surface area (Å²) in [6, 6.07) is 18.4. The predicted molar refractivity (Wildman–Crippen MR) is 87.7 cm³/mol. The number of hydrogen-bond acceptors (Lipinski definition) is 3. The van der Waals surface area contributed by atoms with Crippen molar-refractivity contribution in [2.75, 3.05) is 0 Å². The lowest BCUT2D eigenvalue weighted by Gasteiger charge is -2.08. The summed E-state index contributed by atoms with van der Waals surface area (Å²) in [6.07, 6.45) is -3.97. The highest BCUT2D eigenvalue weighted by Gasteiger charge is 2.37. The molecule has 2 aromatic carbocycles. The van der Waals surface area contributed by atoms with Gasteiger partial charge in [-0.25, -0.2) is 8.42 Å². The van der Waals surface area contributed by atoms with Crippen LogP contribution in [0.15, 0.2) is 81.9 Å². The molecular weight excluding hydrogens is 418 g/mol. The monoisotopic (exact) mass is 430 g/mol. The summed E-state index contributed by atoms with van der Waals surface area (Å²) in [5.41, 5.74) is -5.65. The van der Waals surface area contributed by atoms with Gasteiger partial charge in [0.25, 0.3) is 0 Å². The molecule has 0 aliphatic heterocycles. The Morgan fingerprint density at radius 3 is 1.37 bits per heavy atom. The summed E-state index contributed by atoms with van der Waals surface area (Å²) >= 11 is 0. The molecule has 0 saturated heterocycles. The molecule has 2 rings (SSSR count). The Balaban J connectivity index is 0.000000387. The van der Waals surface area contributed by atoms with Gasteiger partial charge in [-0.05, 0) is 24.3 Å². The molecule has 11 heteroatoms. The van der Waals surface area contributed by atoms with Crippen LogP contribution in [0.5, 0.6) is 0 Å². The Morgan fingerprint density at radius 2 is 1.11 bits per heavy atom. The summed E-state index contributed by atoms with van der Waals surface area (Å²) in [6.45, 7) is 0. The molecule has 0 heterocycles. The first kappa shape index (κ1) is 23.1. The van der Waals surface area contributed by atoms with Gasteiger partial charge < -0.3 is 4.55 Å². The molecule has 0 aliphatic rings. The van der Waals surface area contributed by atoms with E-state index in [0.717, 1.165) is 9.79 Å². The standard InChI is InChI=1S/C15H12F3S.CHF3O3S/c16-15(17,18)11-12-19(13-7-3-1-4-8-13)14-9-5-2-6-10-14;2-1(3,4)8(5,6)7/h1-12H;(H,5,6,7)/q+1;/p-1. The Labute approximate surface area is 154 Å². The van der Waals surface area contributed by atoms with E-state index in [4.69, 9.17) is 13.0 Å². The van der Waals surface area contributed by atoms with Gasteiger partial charge in [0, 0.05) is 0 Å². The van der Waals surface area contributed by atoms with Gasteiger partial charge in [-0.15, -0.1) is 0 Å². The van der Waals surface area contributed by atoms with Crippen LogP contribution in [0.4, 0.5) is 26.3 Å². The second-order valence-electron chi connectivity index (χ2n) is 4.71. The maximum atomic E-state index is 12.4. The van der Waals surface area contributed by atoms with Crippen LogP contribution >= 0.6 is 0 Å². The van der Waals surface area contributed by atoms with Crippen molar-refractivity contribution in [3.8, 4) is 0 Å². The highest BCUT2D eigenvalue weighted by molar-refractivity contribution is 7.99. The third kappa shape index (κ3) is 8.50. The quantitative estimate of drug-likeness (QED) is 0.303. The number of hydrogen-bond donors (Lipinski definition) is 0. The van der Waals surface area contributed by atoms with Crippen molar-refractivity contribution in [3.63, 3.8) is 0 Å². The summed E-state index contributed by atoms with van der Waals surface area (Å²) in [7, 11) is -6.79. The van der Waals surface area contributed by atoms with Crippen LogP contribution in [0.3, 0.4) is 0 Å². The molecule has 0 aliphatic carbocycles. The van der Waals surface area contributed by atoms with Crippen molar-refractivity contribution in [2.45, 2.75) is 21.5 Å². The molecule has 148 valence electrons. The molecule has 0 aromatic heterocycles. The average molecular weight is 430 g/mol. The maximum absolute atomic E-state index is 12.4. The summed E-state index contributed by atoms with van der Waals surface area (Å²) < 4.78 is 96.0. The van der Waals surface area contributed by atoms with Crippen molar-refractivity contribution in [1.82, 2.24) is 0 Å². The third-order valence-electron chi connectivity index (χ3n) is 2.67. The van der Waals surface area contributed by atoms with Gasteiger partial charge >= 0.3 is 11.7 Å². The fourth-order valence-electron chi connectivity index (χ4n) is 1.57. The highest BCUT2D eigenvalue weighted by Crippen LogP contribution is 2.27. The molecule has 0 unspecified atom stereocenters. The molecule has 0 spiro atoms. The fraction of sp³-hybridized carbons (Fsp3) is 0.125. The molecule has 2 aromatic rings. The Morgan fingerprint density at radius 1 is 0.778 bits per heavy atom. The van der Waals surface area contributed by atoms with Crippen LogP contribution in [0, 0.1) is 0 Å². The second-order valence-corrected chi connectivity index (χ2v) is 7.97. The van der Waals surface area contributed by atoms with E-state index in [0.29, 0.717) is 6.08 Å². The number of benzene rings is 2.